The van der Waals surface area contributed by atoms with Gasteiger partial charge in [-0.05, 0) is 44.4 Å². The van der Waals surface area contributed by atoms with E-state index < -0.39 is 0 Å². The maximum Gasteiger partial charge on any atom is 0.223 e. The number of unbranched alkanes of at least 4 members (excludes halogenated alkanes) is 2. The summed E-state index contributed by atoms with van der Waals surface area (Å²) in [4.78, 5) is 14.3. The van der Waals surface area contributed by atoms with Gasteiger partial charge in [-0.25, -0.2) is 0 Å². The van der Waals surface area contributed by atoms with Crippen LogP contribution in [0.1, 0.15) is 52.0 Å². The lowest BCUT2D eigenvalue weighted by atomic mass is 10.1. The van der Waals surface area contributed by atoms with Crippen molar-refractivity contribution in [2.24, 2.45) is 0 Å². The number of carbonyl (C=O) groups is 1. The van der Waals surface area contributed by atoms with Crippen molar-refractivity contribution in [2.75, 3.05) is 12.3 Å². The highest BCUT2D eigenvalue weighted by atomic mass is 16.2. The SMILES string of the molecule is CCCCCN(C(=O)CCc1ccc(N)cc1)C(C)C. The third-order valence-corrected chi connectivity index (χ3v) is 3.55. The van der Waals surface area contributed by atoms with Crippen LogP contribution < -0.4 is 5.73 Å². The van der Waals surface area contributed by atoms with E-state index in [1.165, 1.54) is 18.4 Å². The molecule has 0 aliphatic rings. The lowest BCUT2D eigenvalue weighted by molar-refractivity contribution is -0.132. The summed E-state index contributed by atoms with van der Waals surface area (Å²) in [5, 5.41) is 0. The molecule has 0 atom stereocenters. The molecule has 0 aliphatic carbocycles. The van der Waals surface area contributed by atoms with Crippen molar-refractivity contribution in [1.29, 1.82) is 0 Å². The van der Waals surface area contributed by atoms with Gasteiger partial charge in [-0.1, -0.05) is 31.9 Å². The van der Waals surface area contributed by atoms with Gasteiger partial charge in [0, 0.05) is 24.7 Å². The lowest BCUT2D eigenvalue weighted by Crippen LogP contribution is -2.37. The second-order valence-electron chi connectivity index (χ2n) is 5.63. The van der Waals surface area contributed by atoms with Crippen LogP contribution in [0.2, 0.25) is 0 Å². The van der Waals surface area contributed by atoms with Crippen LogP contribution in [0.15, 0.2) is 24.3 Å². The molecule has 3 nitrogen and oxygen atoms in total. The highest BCUT2D eigenvalue weighted by Crippen LogP contribution is 2.11. The monoisotopic (exact) mass is 276 g/mol. The first-order chi connectivity index (χ1) is 9.54. The predicted octanol–water partition coefficient (Wildman–Crippen LogP) is 3.63. The third kappa shape index (κ3) is 5.64. The van der Waals surface area contributed by atoms with Gasteiger partial charge in [0.25, 0.3) is 0 Å². The minimum atomic E-state index is 0.257. The van der Waals surface area contributed by atoms with E-state index in [9.17, 15) is 4.79 Å². The predicted molar refractivity (Wildman–Crippen MR) is 85.5 cm³/mol. The third-order valence-electron chi connectivity index (χ3n) is 3.55. The van der Waals surface area contributed by atoms with Crippen LogP contribution in [-0.2, 0) is 11.2 Å². The average Bonchev–Trinajstić information content (AvgIpc) is 2.42. The van der Waals surface area contributed by atoms with Gasteiger partial charge in [-0.3, -0.25) is 4.79 Å². The number of nitrogens with zero attached hydrogens (tertiary/aromatic N) is 1. The van der Waals surface area contributed by atoms with Gasteiger partial charge in [-0.2, -0.15) is 0 Å². The van der Waals surface area contributed by atoms with E-state index in [-0.39, 0.29) is 11.9 Å². The minimum Gasteiger partial charge on any atom is -0.399 e. The van der Waals surface area contributed by atoms with Crippen molar-refractivity contribution >= 4 is 11.6 Å². The fraction of sp³-hybridized carbons (Fsp3) is 0.588. The summed E-state index contributed by atoms with van der Waals surface area (Å²) in [7, 11) is 0. The van der Waals surface area contributed by atoms with Gasteiger partial charge in [-0.15, -0.1) is 0 Å². The molecule has 0 saturated heterocycles. The first-order valence-corrected chi connectivity index (χ1v) is 7.68. The number of benzene rings is 1. The van der Waals surface area contributed by atoms with Gasteiger partial charge in [0.2, 0.25) is 5.91 Å². The molecule has 0 unspecified atom stereocenters. The van der Waals surface area contributed by atoms with Crippen LogP contribution in [0.3, 0.4) is 0 Å². The largest absolute Gasteiger partial charge is 0.399 e. The molecule has 0 fully saturated rings. The van der Waals surface area contributed by atoms with Crippen LogP contribution >= 0.6 is 0 Å². The number of aryl methyl sites for hydroxylation is 1. The number of hydrogen-bond donors (Lipinski definition) is 1. The van der Waals surface area contributed by atoms with Crippen molar-refractivity contribution in [3.63, 3.8) is 0 Å². The van der Waals surface area contributed by atoms with Crippen molar-refractivity contribution in [2.45, 2.75) is 58.9 Å². The molecule has 0 aliphatic heterocycles. The van der Waals surface area contributed by atoms with E-state index >= 15 is 0 Å². The summed E-state index contributed by atoms with van der Waals surface area (Å²) in [5.74, 6) is 0.257. The Morgan fingerprint density at radius 3 is 2.40 bits per heavy atom. The summed E-state index contributed by atoms with van der Waals surface area (Å²) >= 11 is 0. The van der Waals surface area contributed by atoms with Gasteiger partial charge >= 0.3 is 0 Å². The second-order valence-corrected chi connectivity index (χ2v) is 5.63. The Bertz CT molecular complexity index is 398. The first-order valence-electron chi connectivity index (χ1n) is 7.68. The number of hydrogen-bond acceptors (Lipinski definition) is 2. The zero-order valence-corrected chi connectivity index (χ0v) is 13.1. The van der Waals surface area contributed by atoms with Crippen LogP contribution in [0.25, 0.3) is 0 Å². The van der Waals surface area contributed by atoms with E-state index in [0.717, 1.165) is 25.1 Å². The Labute approximate surface area is 123 Å². The quantitative estimate of drug-likeness (QED) is 0.582. The Hall–Kier alpha value is -1.51. The number of carbonyl (C=O) groups excluding carboxylic acids is 1. The summed E-state index contributed by atoms with van der Waals surface area (Å²) in [6, 6.07) is 8.06. The van der Waals surface area contributed by atoms with E-state index in [2.05, 4.69) is 20.8 Å². The maximum atomic E-state index is 12.3. The number of rotatable bonds is 8. The molecular formula is C17H28N2O. The summed E-state index contributed by atoms with van der Waals surface area (Å²) in [5.41, 5.74) is 7.60. The van der Waals surface area contributed by atoms with Crippen molar-refractivity contribution in [1.82, 2.24) is 4.90 Å². The molecule has 112 valence electrons. The molecule has 0 radical (unpaired) electrons. The Balaban J connectivity index is 2.47. The number of amides is 1. The Kier molecular flexibility index (Phi) is 7.13. The van der Waals surface area contributed by atoms with Crippen LogP contribution in [0.5, 0.6) is 0 Å². The molecule has 0 bridgehead atoms. The molecule has 1 amide bonds. The fourth-order valence-electron chi connectivity index (χ4n) is 2.28. The van der Waals surface area contributed by atoms with E-state index in [4.69, 9.17) is 5.73 Å². The normalized spacial score (nSPS) is 10.8. The van der Waals surface area contributed by atoms with Crippen molar-refractivity contribution in [3.05, 3.63) is 29.8 Å². The standard InChI is InChI=1S/C17H28N2O/c1-4-5-6-13-19(14(2)3)17(20)12-9-15-7-10-16(18)11-8-15/h7-8,10-11,14H,4-6,9,12-13,18H2,1-3H3. The average molecular weight is 276 g/mol. The summed E-state index contributed by atoms with van der Waals surface area (Å²) < 4.78 is 0. The van der Waals surface area contributed by atoms with E-state index in [1.54, 1.807) is 0 Å². The molecule has 1 rings (SSSR count). The number of anilines is 1. The molecule has 1 aromatic carbocycles. The minimum absolute atomic E-state index is 0.257. The zero-order valence-electron chi connectivity index (χ0n) is 13.1. The highest BCUT2D eigenvalue weighted by molar-refractivity contribution is 5.76. The van der Waals surface area contributed by atoms with E-state index in [1.807, 2.05) is 29.2 Å². The molecule has 0 spiro atoms. The molecule has 0 saturated carbocycles. The molecule has 0 heterocycles. The van der Waals surface area contributed by atoms with Crippen LogP contribution in [0, 0.1) is 0 Å². The molecule has 3 heteroatoms. The van der Waals surface area contributed by atoms with Gasteiger partial charge in [0.15, 0.2) is 0 Å². The topological polar surface area (TPSA) is 46.3 Å². The second kappa shape index (κ2) is 8.62. The first kappa shape index (κ1) is 16.5. The Morgan fingerprint density at radius 2 is 1.85 bits per heavy atom. The summed E-state index contributed by atoms with van der Waals surface area (Å²) in [6.07, 6.45) is 4.84. The zero-order chi connectivity index (χ0) is 15.0. The molecular weight excluding hydrogens is 248 g/mol. The molecule has 2 N–H and O–H groups in total. The van der Waals surface area contributed by atoms with Gasteiger partial charge in [0.1, 0.15) is 0 Å². The van der Waals surface area contributed by atoms with Crippen molar-refractivity contribution in [3.8, 4) is 0 Å². The van der Waals surface area contributed by atoms with Crippen molar-refractivity contribution < 1.29 is 4.79 Å². The molecule has 0 aromatic heterocycles. The Morgan fingerprint density at radius 1 is 1.20 bits per heavy atom. The fourth-order valence-corrected chi connectivity index (χ4v) is 2.28. The van der Waals surface area contributed by atoms with Crippen LogP contribution in [-0.4, -0.2) is 23.4 Å². The van der Waals surface area contributed by atoms with Crippen LogP contribution in [0.4, 0.5) is 5.69 Å². The van der Waals surface area contributed by atoms with E-state index in [0.29, 0.717) is 6.42 Å². The molecule has 20 heavy (non-hydrogen) atoms. The highest BCUT2D eigenvalue weighted by Gasteiger charge is 2.15. The number of nitrogen functional groups attached to an aromatic ring is 1. The smallest absolute Gasteiger partial charge is 0.223 e. The number of nitrogens with two attached hydrogens (primary N) is 1. The summed E-state index contributed by atoms with van der Waals surface area (Å²) in [6.45, 7) is 7.24. The van der Waals surface area contributed by atoms with Gasteiger partial charge < -0.3 is 10.6 Å². The molecule has 1 aromatic rings. The maximum absolute atomic E-state index is 12.3. The lowest BCUT2D eigenvalue weighted by Gasteiger charge is -2.27. The van der Waals surface area contributed by atoms with Gasteiger partial charge in [0.05, 0.1) is 0 Å².